The SMILES string of the molecule is CN(C)CCCCOc1ccc(N(C)C(=O)Oc2ccc(Cl)cc2)cc1. The fourth-order valence-corrected chi connectivity index (χ4v) is 2.39. The van der Waals surface area contributed by atoms with Gasteiger partial charge in [-0.05, 0) is 82.0 Å². The number of amides is 1. The van der Waals surface area contributed by atoms with Gasteiger partial charge in [0.25, 0.3) is 0 Å². The average Bonchev–Trinajstić information content (AvgIpc) is 2.63. The molecule has 0 heterocycles. The molecule has 0 aliphatic rings. The maximum Gasteiger partial charge on any atom is 0.419 e. The molecule has 140 valence electrons. The lowest BCUT2D eigenvalue weighted by Crippen LogP contribution is -2.29. The summed E-state index contributed by atoms with van der Waals surface area (Å²) in [5.41, 5.74) is 0.726. The van der Waals surface area contributed by atoms with E-state index in [0.717, 1.165) is 30.8 Å². The number of carbonyl (C=O) groups excluding carboxylic acids is 1. The molecule has 0 aliphatic heterocycles. The molecule has 2 aromatic carbocycles. The van der Waals surface area contributed by atoms with Gasteiger partial charge in [-0.3, -0.25) is 4.90 Å². The maximum absolute atomic E-state index is 12.2. The standard InChI is InChI=1S/C20H25ClN2O3/c1-22(2)14-4-5-15-25-18-12-8-17(9-13-18)23(3)20(24)26-19-10-6-16(21)7-11-19/h6-13H,4-5,14-15H2,1-3H3. The highest BCUT2D eigenvalue weighted by Gasteiger charge is 2.13. The number of ether oxygens (including phenoxy) is 2. The van der Waals surface area contributed by atoms with Crippen molar-refractivity contribution in [2.75, 3.05) is 39.2 Å². The second kappa shape index (κ2) is 10.0. The van der Waals surface area contributed by atoms with E-state index in [9.17, 15) is 4.79 Å². The molecule has 0 saturated heterocycles. The van der Waals surface area contributed by atoms with E-state index in [0.29, 0.717) is 17.4 Å². The van der Waals surface area contributed by atoms with Crippen LogP contribution in [0.5, 0.6) is 11.5 Å². The molecule has 0 radical (unpaired) electrons. The monoisotopic (exact) mass is 376 g/mol. The lowest BCUT2D eigenvalue weighted by molar-refractivity contribution is 0.209. The second-order valence-electron chi connectivity index (χ2n) is 6.23. The minimum atomic E-state index is -0.468. The summed E-state index contributed by atoms with van der Waals surface area (Å²) in [6.45, 7) is 1.74. The summed E-state index contributed by atoms with van der Waals surface area (Å²) in [5.74, 6) is 1.24. The van der Waals surface area contributed by atoms with E-state index in [4.69, 9.17) is 21.1 Å². The third kappa shape index (κ3) is 6.58. The summed E-state index contributed by atoms with van der Waals surface area (Å²) in [6, 6.07) is 14.0. The highest BCUT2D eigenvalue weighted by Crippen LogP contribution is 2.21. The van der Waals surface area contributed by atoms with Crippen molar-refractivity contribution in [2.24, 2.45) is 0 Å². The summed E-state index contributed by atoms with van der Waals surface area (Å²) < 4.78 is 11.0. The number of rotatable bonds is 8. The zero-order valence-electron chi connectivity index (χ0n) is 15.4. The largest absolute Gasteiger partial charge is 0.494 e. The first-order valence-electron chi connectivity index (χ1n) is 8.54. The zero-order valence-corrected chi connectivity index (χ0v) is 16.2. The quantitative estimate of drug-likeness (QED) is 0.626. The summed E-state index contributed by atoms with van der Waals surface area (Å²) >= 11 is 5.82. The van der Waals surface area contributed by atoms with Crippen molar-refractivity contribution >= 4 is 23.4 Å². The molecule has 2 rings (SSSR count). The molecule has 1 amide bonds. The van der Waals surface area contributed by atoms with E-state index < -0.39 is 6.09 Å². The molecule has 0 N–H and O–H groups in total. The van der Waals surface area contributed by atoms with Crippen LogP contribution < -0.4 is 14.4 Å². The lowest BCUT2D eigenvalue weighted by Gasteiger charge is -2.17. The van der Waals surface area contributed by atoms with Gasteiger partial charge in [0.2, 0.25) is 0 Å². The van der Waals surface area contributed by atoms with Crippen molar-refractivity contribution in [3.63, 3.8) is 0 Å². The van der Waals surface area contributed by atoms with Crippen LogP contribution in [0, 0.1) is 0 Å². The number of hydrogen-bond donors (Lipinski definition) is 0. The molecule has 2 aromatic rings. The summed E-state index contributed by atoms with van der Waals surface area (Å²) in [7, 11) is 5.79. The van der Waals surface area contributed by atoms with Crippen LogP contribution in [0.25, 0.3) is 0 Å². The van der Waals surface area contributed by atoms with Crippen molar-refractivity contribution in [3.05, 3.63) is 53.6 Å². The third-order valence-corrected chi connectivity index (χ3v) is 4.04. The maximum atomic E-state index is 12.2. The number of hydrogen-bond acceptors (Lipinski definition) is 4. The molecule has 6 heteroatoms. The number of benzene rings is 2. The van der Waals surface area contributed by atoms with Gasteiger partial charge >= 0.3 is 6.09 Å². The first-order valence-corrected chi connectivity index (χ1v) is 8.92. The van der Waals surface area contributed by atoms with Gasteiger partial charge in [0, 0.05) is 17.8 Å². The van der Waals surface area contributed by atoms with Crippen LogP contribution in [0.15, 0.2) is 48.5 Å². The normalized spacial score (nSPS) is 10.7. The van der Waals surface area contributed by atoms with Gasteiger partial charge in [0.1, 0.15) is 11.5 Å². The second-order valence-corrected chi connectivity index (χ2v) is 6.67. The van der Waals surface area contributed by atoms with Gasteiger partial charge in [-0.15, -0.1) is 0 Å². The fraction of sp³-hybridized carbons (Fsp3) is 0.350. The number of halogens is 1. The Labute approximate surface area is 160 Å². The van der Waals surface area contributed by atoms with Crippen molar-refractivity contribution in [3.8, 4) is 11.5 Å². The van der Waals surface area contributed by atoms with Crippen LogP contribution in [-0.2, 0) is 0 Å². The van der Waals surface area contributed by atoms with E-state index in [1.54, 1.807) is 31.3 Å². The summed E-state index contributed by atoms with van der Waals surface area (Å²) in [4.78, 5) is 15.8. The van der Waals surface area contributed by atoms with Crippen LogP contribution in [0.4, 0.5) is 10.5 Å². The van der Waals surface area contributed by atoms with Crippen LogP contribution in [0.2, 0.25) is 5.02 Å². The minimum Gasteiger partial charge on any atom is -0.494 e. The Morgan fingerprint density at radius 2 is 1.54 bits per heavy atom. The van der Waals surface area contributed by atoms with Gasteiger partial charge in [-0.25, -0.2) is 4.79 Å². The molecular weight excluding hydrogens is 352 g/mol. The first kappa shape index (κ1) is 20.1. The van der Waals surface area contributed by atoms with Crippen molar-refractivity contribution in [1.82, 2.24) is 4.90 Å². The molecule has 0 saturated carbocycles. The highest BCUT2D eigenvalue weighted by atomic mass is 35.5. The van der Waals surface area contributed by atoms with Crippen molar-refractivity contribution < 1.29 is 14.3 Å². The molecule has 0 aromatic heterocycles. The molecule has 0 fully saturated rings. The molecule has 0 unspecified atom stereocenters. The highest BCUT2D eigenvalue weighted by molar-refractivity contribution is 6.30. The Bertz CT molecular complexity index is 687. The molecule has 5 nitrogen and oxygen atoms in total. The number of carbonyl (C=O) groups is 1. The first-order chi connectivity index (χ1) is 12.5. The number of nitrogens with zero attached hydrogens (tertiary/aromatic N) is 2. The van der Waals surface area contributed by atoms with E-state index in [1.807, 2.05) is 24.3 Å². The Morgan fingerprint density at radius 1 is 0.923 bits per heavy atom. The van der Waals surface area contributed by atoms with E-state index >= 15 is 0 Å². The Hall–Kier alpha value is -2.24. The Kier molecular flexibility index (Phi) is 7.75. The van der Waals surface area contributed by atoms with Gasteiger partial charge in [0.05, 0.1) is 6.61 Å². The van der Waals surface area contributed by atoms with Crippen LogP contribution in [0.1, 0.15) is 12.8 Å². The topological polar surface area (TPSA) is 42.0 Å². The minimum absolute atomic E-state index is 0.448. The lowest BCUT2D eigenvalue weighted by atomic mass is 10.3. The van der Waals surface area contributed by atoms with Crippen LogP contribution in [-0.4, -0.2) is 45.3 Å². The number of anilines is 1. The van der Waals surface area contributed by atoms with E-state index in [1.165, 1.54) is 4.90 Å². The van der Waals surface area contributed by atoms with E-state index in [-0.39, 0.29) is 0 Å². The zero-order chi connectivity index (χ0) is 18.9. The fourth-order valence-electron chi connectivity index (χ4n) is 2.26. The molecule has 0 aliphatic carbocycles. The summed E-state index contributed by atoms with van der Waals surface area (Å²) in [5, 5.41) is 0.593. The smallest absolute Gasteiger partial charge is 0.419 e. The number of unbranched alkanes of at least 4 members (excludes halogenated alkanes) is 1. The molecule has 0 atom stereocenters. The Balaban J connectivity index is 1.82. The third-order valence-electron chi connectivity index (χ3n) is 3.79. The van der Waals surface area contributed by atoms with Gasteiger partial charge in [-0.2, -0.15) is 0 Å². The van der Waals surface area contributed by atoms with Crippen LogP contribution in [0.3, 0.4) is 0 Å². The van der Waals surface area contributed by atoms with Gasteiger partial charge in [-0.1, -0.05) is 11.6 Å². The molecular formula is C20H25ClN2O3. The Morgan fingerprint density at radius 3 is 2.15 bits per heavy atom. The molecule has 0 spiro atoms. The van der Waals surface area contributed by atoms with E-state index in [2.05, 4.69) is 19.0 Å². The predicted octanol–water partition coefficient (Wildman–Crippen LogP) is 4.70. The van der Waals surface area contributed by atoms with Crippen molar-refractivity contribution in [1.29, 1.82) is 0 Å². The average molecular weight is 377 g/mol. The predicted molar refractivity (Wildman–Crippen MR) is 106 cm³/mol. The summed E-state index contributed by atoms with van der Waals surface area (Å²) in [6.07, 6.45) is 1.64. The van der Waals surface area contributed by atoms with Gasteiger partial charge < -0.3 is 14.4 Å². The molecule has 26 heavy (non-hydrogen) atoms. The van der Waals surface area contributed by atoms with Gasteiger partial charge in [0.15, 0.2) is 0 Å². The van der Waals surface area contributed by atoms with Crippen LogP contribution >= 0.6 is 11.6 Å². The van der Waals surface area contributed by atoms with Crippen molar-refractivity contribution in [2.45, 2.75) is 12.8 Å². The molecule has 0 bridgehead atoms.